The molecule has 3 nitrogen and oxygen atoms in total. The van der Waals surface area contributed by atoms with Gasteiger partial charge in [-0.15, -0.1) is 11.3 Å². The fourth-order valence-corrected chi connectivity index (χ4v) is 4.31. The number of thioether (sulfide) groups is 1. The largest absolute Gasteiger partial charge is 0.397 e. The van der Waals surface area contributed by atoms with Crippen LogP contribution < -0.4 is 11.1 Å². The number of benzene rings is 1. The summed E-state index contributed by atoms with van der Waals surface area (Å²) in [5.74, 6) is 0.957. The topological polar surface area (TPSA) is 55.1 Å². The number of fused-ring (bicyclic) bond motifs is 1. The first-order valence-electron chi connectivity index (χ1n) is 6.31. The number of nitrogens with two attached hydrogens (primary N) is 1. The average Bonchev–Trinajstić information content (AvgIpc) is 2.75. The Labute approximate surface area is 135 Å². The minimum absolute atomic E-state index is 0.0794. The standard InChI is InChI=1S/C14H17BrN2OS2/c1-8(6-7-19-2)17-14(18)13-12(16)11-9(15)4-3-5-10(11)20-13/h3-5,8H,6-7,16H2,1-2H3,(H,17,18). The van der Waals surface area contributed by atoms with E-state index in [9.17, 15) is 4.79 Å². The molecule has 0 spiro atoms. The zero-order valence-electron chi connectivity index (χ0n) is 11.4. The van der Waals surface area contributed by atoms with E-state index in [2.05, 4.69) is 27.5 Å². The lowest BCUT2D eigenvalue weighted by atomic mass is 10.2. The summed E-state index contributed by atoms with van der Waals surface area (Å²) in [5.41, 5.74) is 6.69. The molecular weight excluding hydrogens is 356 g/mol. The van der Waals surface area contributed by atoms with Crippen molar-refractivity contribution in [2.75, 3.05) is 17.7 Å². The number of amides is 1. The summed E-state index contributed by atoms with van der Waals surface area (Å²) in [7, 11) is 0. The molecule has 1 atom stereocenters. The van der Waals surface area contributed by atoms with Gasteiger partial charge in [0.1, 0.15) is 4.88 Å². The Morgan fingerprint density at radius 1 is 1.55 bits per heavy atom. The third-order valence-corrected chi connectivity index (χ3v) is 5.51. The van der Waals surface area contributed by atoms with Crippen LogP contribution in [0, 0.1) is 0 Å². The van der Waals surface area contributed by atoms with E-state index in [0.717, 1.165) is 26.7 Å². The maximum absolute atomic E-state index is 12.3. The van der Waals surface area contributed by atoms with Gasteiger partial charge in [-0.05, 0) is 37.5 Å². The van der Waals surface area contributed by atoms with Crippen molar-refractivity contribution in [2.45, 2.75) is 19.4 Å². The summed E-state index contributed by atoms with van der Waals surface area (Å²) >= 11 is 6.71. The number of rotatable bonds is 5. The Morgan fingerprint density at radius 2 is 2.30 bits per heavy atom. The molecule has 20 heavy (non-hydrogen) atoms. The first kappa shape index (κ1) is 15.7. The van der Waals surface area contributed by atoms with Gasteiger partial charge in [-0.2, -0.15) is 11.8 Å². The second kappa shape index (κ2) is 6.83. The molecule has 0 radical (unpaired) electrons. The molecule has 1 aromatic heterocycles. The SMILES string of the molecule is CSCCC(C)NC(=O)c1sc2cccc(Br)c2c1N. The number of nitrogen functional groups attached to an aromatic ring is 1. The number of carbonyl (C=O) groups is 1. The van der Waals surface area contributed by atoms with E-state index in [1.807, 2.05) is 25.1 Å². The van der Waals surface area contributed by atoms with Crippen LogP contribution in [0.5, 0.6) is 0 Å². The number of anilines is 1. The lowest BCUT2D eigenvalue weighted by Gasteiger charge is -2.12. The van der Waals surface area contributed by atoms with E-state index in [1.165, 1.54) is 11.3 Å². The minimum atomic E-state index is -0.0794. The van der Waals surface area contributed by atoms with Gasteiger partial charge in [0, 0.05) is 20.6 Å². The van der Waals surface area contributed by atoms with Gasteiger partial charge in [-0.3, -0.25) is 4.79 Å². The fourth-order valence-electron chi connectivity index (χ4n) is 1.95. The van der Waals surface area contributed by atoms with E-state index in [-0.39, 0.29) is 11.9 Å². The maximum Gasteiger partial charge on any atom is 0.263 e. The molecule has 1 aromatic carbocycles. The number of carbonyl (C=O) groups excluding carboxylic acids is 1. The van der Waals surface area contributed by atoms with Crippen LogP contribution in [-0.4, -0.2) is 24.0 Å². The number of halogens is 1. The molecule has 6 heteroatoms. The highest BCUT2D eigenvalue weighted by Crippen LogP contribution is 2.38. The van der Waals surface area contributed by atoms with Crippen molar-refractivity contribution >= 4 is 60.7 Å². The monoisotopic (exact) mass is 372 g/mol. The Hall–Kier alpha value is -0.720. The van der Waals surface area contributed by atoms with Crippen LogP contribution in [0.25, 0.3) is 10.1 Å². The van der Waals surface area contributed by atoms with Gasteiger partial charge < -0.3 is 11.1 Å². The zero-order chi connectivity index (χ0) is 14.7. The molecule has 1 amide bonds. The summed E-state index contributed by atoms with van der Waals surface area (Å²) in [6.07, 6.45) is 3.03. The van der Waals surface area contributed by atoms with Crippen LogP contribution in [-0.2, 0) is 0 Å². The molecule has 0 saturated heterocycles. The predicted molar refractivity (Wildman–Crippen MR) is 93.9 cm³/mol. The van der Waals surface area contributed by atoms with Crippen LogP contribution in [0.2, 0.25) is 0 Å². The zero-order valence-corrected chi connectivity index (χ0v) is 14.6. The summed E-state index contributed by atoms with van der Waals surface area (Å²) < 4.78 is 1.96. The summed E-state index contributed by atoms with van der Waals surface area (Å²) in [4.78, 5) is 12.9. The van der Waals surface area contributed by atoms with E-state index >= 15 is 0 Å². The fraction of sp³-hybridized carbons (Fsp3) is 0.357. The summed E-state index contributed by atoms with van der Waals surface area (Å²) in [5, 5.41) is 3.95. The molecule has 2 aromatic rings. The van der Waals surface area contributed by atoms with E-state index < -0.39 is 0 Å². The van der Waals surface area contributed by atoms with Crippen molar-refractivity contribution < 1.29 is 4.79 Å². The number of nitrogens with one attached hydrogen (secondary N) is 1. The van der Waals surface area contributed by atoms with Crippen LogP contribution in [0.4, 0.5) is 5.69 Å². The molecule has 1 heterocycles. The van der Waals surface area contributed by atoms with E-state index in [0.29, 0.717) is 10.6 Å². The van der Waals surface area contributed by atoms with Crippen molar-refractivity contribution in [1.29, 1.82) is 0 Å². The van der Waals surface area contributed by atoms with Crippen LogP contribution in [0.3, 0.4) is 0 Å². The first-order chi connectivity index (χ1) is 9.54. The van der Waals surface area contributed by atoms with E-state index in [4.69, 9.17) is 5.73 Å². The summed E-state index contributed by atoms with van der Waals surface area (Å²) in [6.45, 7) is 2.02. The van der Waals surface area contributed by atoms with Crippen molar-refractivity contribution in [3.63, 3.8) is 0 Å². The number of hydrogen-bond acceptors (Lipinski definition) is 4. The molecule has 0 aliphatic rings. The first-order valence-corrected chi connectivity index (χ1v) is 9.31. The predicted octanol–water partition coefficient (Wildman–Crippen LogP) is 4.12. The Kier molecular flexibility index (Phi) is 5.35. The molecule has 3 N–H and O–H groups in total. The molecule has 2 rings (SSSR count). The third-order valence-electron chi connectivity index (χ3n) is 3.04. The second-order valence-corrected chi connectivity index (χ2v) is 7.51. The molecule has 0 saturated carbocycles. The third kappa shape index (κ3) is 3.30. The van der Waals surface area contributed by atoms with E-state index in [1.54, 1.807) is 11.8 Å². The second-order valence-electron chi connectivity index (χ2n) is 4.61. The number of thiophene rings is 1. The van der Waals surface area contributed by atoms with Crippen LogP contribution in [0.15, 0.2) is 22.7 Å². The molecule has 0 fully saturated rings. The van der Waals surface area contributed by atoms with Crippen molar-refractivity contribution in [2.24, 2.45) is 0 Å². The van der Waals surface area contributed by atoms with Crippen LogP contribution >= 0.6 is 39.0 Å². The normalized spacial score (nSPS) is 12.6. The molecular formula is C14H17BrN2OS2. The Bertz CT molecular complexity index is 627. The quantitative estimate of drug-likeness (QED) is 0.829. The highest BCUT2D eigenvalue weighted by Gasteiger charge is 2.19. The lowest BCUT2D eigenvalue weighted by molar-refractivity contribution is 0.0944. The molecule has 1 unspecified atom stereocenters. The van der Waals surface area contributed by atoms with Crippen molar-refractivity contribution in [3.05, 3.63) is 27.5 Å². The van der Waals surface area contributed by atoms with Gasteiger partial charge in [0.2, 0.25) is 0 Å². The summed E-state index contributed by atoms with van der Waals surface area (Å²) in [6, 6.07) is 6.02. The Balaban J connectivity index is 2.22. The molecule has 0 aliphatic heterocycles. The van der Waals surface area contributed by atoms with Gasteiger partial charge in [-0.1, -0.05) is 22.0 Å². The highest BCUT2D eigenvalue weighted by atomic mass is 79.9. The van der Waals surface area contributed by atoms with Gasteiger partial charge in [0.25, 0.3) is 5.91 Å². The molecule has 0 bridgehead atoms. The van der Waals surface area contributed by atoms with Gasteiger partial charge in [0.15, 0.2) is 0 Å². The molecule has 0 aliphatic carbocycles. The minimum Gasteiger partial charge on any atom is -0.397 e. The highest BCUT2D eigenvalue weighted by molar-refractivity contribution is 9.10. The van der Waals surface area contributed by atoms with Gasteiger partial charge >= 0.3 is 0 Å². The van der Waals surface area contributed by atoms with Crippen molar-refractivity contribution in [1.82, 2.24) is 5.32 Å². The maximum atomic E-state index is 12.3. The van der Waals surface area contributed by atoms with Crippen molar-refractivity contribution in [3.8, 4) is 0 Å². The smallest absolute Gasteiger partial charge is 0.263 e. The van der Waals surface area contributed by atoms with Crippen LogP contribution in [0.1, 0.15) is 23.0 Å². The van der Waals surface area contributed by atoms with Gasteiger partial charge in [0.05, 0.1) is 5.69 Å². The average molecular weight is 373 g/mol. The van der Waals surface area contributed by atoms with Gasteiger partial charge in [-0.25, -0.2) is 0 Å². The molecule has 108 valence electrons. The Morgan fingerprint density at radius 3 is 2.95 bits per heavy atom. The number of hydrogen-bond donors (Lipinski definition) is 2. The lowest BCUT2D eigenvalue weighted by Crippen LogP contribution is -2.32.